The molecule has 0 radical (unpaired) electrons. The van der Waals surface area contributed by atoms with Gasteiger partial charge in [-0.25, -0.2) is 0 Å². The molecule has 122 valence electrons. The van der Waals surface area contributed by atoms with Crippen LogP contribution < -0.4 is 5.32 Å². The van der Waals surface area contributed by atoms with Crippen LogP contribution in [-0.4, -0.2) is 60.6 Å². The summed E-state index contributed by atoms with van der Waals surface area (Å²) >= 11 is 0. The molecule has 2 rings (SSSR count). The molecule has 0 aliphatic carbocycles. The maximum atomic E-state index is 4.95. The fraction of sp³-hybridized carbons (Fsp3) is 0.941. The number of aliphatic imine (C=N–C) groups is 1. The molecule has 2 aliphatic rings. The summed E-state index contributed by atoms with van der Waals surface area (Å²) in [6.45, 7) is 20.4. The van der Waals surface area contributed by atoms with Gasteiger partial charge in [0.05, 0.1) is 0 Å². The lowest BCUT2D eigenvalue weighted by Gasteiger charge is -2.62. The van der Waals surface area contributed by atoms with Crippen molar-refractivity contribution in [3.05, 3.63) is 0 Å². The topological polar surface area (TPSA) is 30.9 Å². The maximum absolute atomic E-state index is 4.95. The maximum Gasteiger partial charge on any atom is 0.194 e. The molecule has 1 N–H and O–H groups in total. The molecule has 4 nitrogen and oxygen atoms in total. The minimum Gasteiger partial charge on any atom is -0.356 e. The highest BCUT2D eigenvalue weighted by Gasteiger charge is 2.53. The predicted octanol–water partition coefficient (Wildman–Crippen LogP) is 2.41. The summed E-state index contributed by atoms with van der Waals surface area (Å²) in [5.41, 5.74) is 0.536. The number of rotatable bonds is 4. The number of nitrogens with zero attached hydrogens (tertiary/aromatic N) is 3. The van der Waals surface area contributed by atoms with Gasteiger partial charge in [0.2, 0.25) is 0 Å². The van der Waals surface area contributed by atoms with E-state index in [4.69, 9.17) is 4.99 Å². The second-order valence-electron chi connectivity index (χ2n) is 7.77. The molecule has 0 aromatic carbocycles. The quantitative estimate of drug-likeness (QED) is 0.638. The molecule has 0 saturated carbocycles. The van der Waals surface area contributed by atoms with E-state index in [1.54, 1.807) is 0 Å². The lowest BCUT2D eigenvalue weighted by molar-refractivity contribution is -0.0667. The molecule has 0 amide bonds. The average molecular weight is 294 g/mol. The molecule has 21 heavy (non-hydrogen) atoms. The summed E-state index contributed by atoms with van der Waals surface area (Å²) in [5, 5.41) is 3.49. The molecule has 0 bridgehead atoms. The Bertz CT molecular complexity index is 386. The van der Waals surface area contributed by atoms with Gasteiger partial charge in [-0.15, -0.1) is 0 Å². The van der Waals surface area contributed by atoms with Crippen LogP contribution in [0.4, 0.5) is 0 Å². The summed E-state index contributed by atoms with van der Waals surface area (Å²) in [4.78, 5) is 9.93. The molecule has 1 unspecified atom stereocenters. The van der Waals surface area contributed by atoms with E-state index < -0.39 is 0 Å². The minimum atomic E-state index is 0.180. The molecule has 4 heteroatoms. The number of guanidine groups is 1. The first-order chi connectivity index (χ1) is 9.81. The minimum absolute atomic E-state index is 0.180. The summed E-state index contributed by atoms with van der Waals surface area (Å²) in [6, 6.07) is 0. The SMILES string of the molecule is CCNC(=NCC1CCN(CC)C1)N1CC(C)(C)C1(C)C. The van der Waals surface area contributed by atoms with Gasteiger partial charge < -0.3 is 15.1 Å². The Hall–Kier alpha value is -0.770. The van der Waals surface area contributed by atoms with Gasteiger partial charge in [0, 0.05) is 37.1 Å². The van der Waals surface area contributed by atoms with Gasteiger partial charge in [-0.1, -0.05) is 20.8 Å². The van der Waals surface area contributed by atoms with E-state index in [0.717, 1.165) is 31.5 Å². The fourth-order valence-electron chi connectivity index (χ4n) is 3.36. The monoisotopic (exact) mass is 294 g/mol. The second kappa shape index (κ2) is 6.15. The Morgan fingerprint density at radius 2 is 1.95 bits per heavy atom. The van der Waals surface area contributed by atoms with Crippen molar-refractivity contribution in [3.8, 4) is 0 Å². The summed E-state index contributed by atoms with van der Waals surface area (Å²) < 4.78 is 0. The van der Waals surface area contributed by atoms with Crippen molar-refractivity contribution in [2.75, 3.05) is 39.3 Å². The fourth-order valence-corrected chi connectivity index (χ4v) is 3.36. The molecule has 2 heterocycles. The number of nitrogens with one attached hydrogen (secondary N) is 1. The van der Waals surface area contributed by atoms with Gasteiger partial charge >= 0.3 is 0 Å². The lowest BCUT2D eigenvalue weighted by Crippen LogP contribution is -2.72. The average Bonchev–Trinajstić information content (AvgIpc) is 2.89. The van der Waals surface area contributed by atoms with Gasteiger partial charge in [-0.2, -0.15) is 0 Å². The second-order valence-corrected chi connectivity index (χ2v) is 7.77. The molecule has 2 saturated heterocycles. The van der Waals surface area contributed by atoms with Crippen molar-refractivity contribution in [1.82, 2.24) is 15.1 Å². The Kier molecular flexibility index (Phi) is 4.86. The first-order valence-electron chi connectivity index (χ1n) is 8.60. The summed E-state index contributed by atoms with van der Waals surface area (Å²) in [7, 11) is 0. The van der Waals surface area contributed by atoms with Gasteiger partial charge in [-0.3, -0.25) is 4.99 Å². The van der Waals surface area contributed by atoms with Crippen molar-refractivity contribution in [3.63, 3.8) is 0 Å². The number of likely N-dealkylation sites (tertiary alicyclic amines) is 2. The Labute approximate surface area is 131 Å². The van der Waals surface area contributed by atoms with Gasteiger partial charge in [-0.05, 0) is 46.2 Å². The predicted molar refractivity (Wildman–Crippen MR) is 90.8 cm³/mol. The number of hydrogen-bond acceptors (Lipinski definition) is 2. The third kappa shape index (κ3) is 3.20. The normalized spacial score (nSPS) is 28.6. The molecule has 2 fully saturated rings. The van der Waals surface area contributed by atoms with Crippen LogP contribution in [0.3, 0.4) is 0 Å². The highest BCUT2D eigenvalue weighted by atomic mass is 15.4. The summed E-state index contributed by atoms with van der Waals surface area (Å²) in [6.07, 6.45) is 1.30. The van der Waals surface area contributed by atoms with Crippen molar-refractivity contribution < 1.29 is 0 Å². The zero-order valence-corrected chi connectivity index (χ0v) is 14.9. The van der Waals surface area contributed by atoms with Crippen LogP contribution in [0.5, 0.6) is 0 Å². The molecule has 0 aromatic rings. The molecule has 0 spiro atoms. The molecule has 1 atom stereocenters. The highest BCUT2D eigenvalue weighted by molar-refractivity contribution is 5.82. The standard InChI is InChI=1S/C17H34N4/c1-7-18-15(21-13-16(3,4)17(21,5)6)19-11-14-9-10-20(8-2)12-14/h14H,7-13H2,1-6H3,(H,18,19). The smallest absolute Gasteiger partial charge is 0.194 e. The van der Waals surface area contributed by atoms with Crippen LogP contribution in [-0.2, 0) is 0 Å². The Morgan fingerprint density at radius 3 is 2.43 bits per heavy atom. The van der Waals surface area contributed by atoms with Gasteiger partial charge in [0.15, 0.2) is 5.96 Å². The Morgan fingerprint density at radius 1 is 1.24 bits per heavy atom. The van der Waals surface area contributed by atoms with Crippen molar-refractivity contribution in [1.29, 1.82) is 0 Å². The molecule has 0 aromatic heterocycles. The largest absolute Gasteiger partial charge is 0.356 e. The zero-order valence-electron chi connectivity index (χ0n) is 14.9. The van der Waals surface area contributed by atoms with Crippen molar-refractivity contribution in [2.24, 2.45) is 16.3 Å². The van der Waals surface area contributed by atoms with E-state index in [1.165, 1.54) is 26.1 Å². The lowest BCUT2D eigenvalue weighted by atomic mass is 9.65. The van der Waals surface area contributed by atoms with Crippen molar-refractivity contribution >= 4 is 5.96 Å². The molecule has 2 aliphatic heterocycles. The molecular weight excluding hydrogens is 260 g/mol. The van der Waals surface area contributed by atoms with Crippen LogP contribution in [0, 0.1) is 11.3 Å². The Balaban J connectivity index is 1.98. The van der Waals surface area contributed by atoms with E-state index >= 15 is 0 Å². The third-order valence-electron chi connectivity index (χ3n) is 5.79. The van der Waals surface area contributed by atoms with E-state index in [-0.39, 0.29) is 5.54 Å². The zero-order chi connectivity index (χ0) is 15.7. The van der Waals surface area contributed by atoms with E-state index in [0.29, 0.717) is 5.41 Å². The van der Waals surface area contributed by atoms with E-state index in [2.05, 4.69) is 56.7 Å². The first kappa shape index (κ1) is 16.6. The van der Waals surface area contributed by atoms with Gasteiger partial charge in [0.1, 0.15) is 0 Å². The van der Waals surface area contributed by atoms with Crippen LogP contribution in [0.1, 0.15) is 48.0 Å². The third-order valence-corrected chi connectivity index (χ3v) is 5.79. The number of hydrogen-bond donors (Lipinski definition) is 1. The van der Waals surface area contributed by atoms with Crippen LogP contribution in [0.15, 0.2) is 4.99 Å². The van der Waals surface area contributed by atoms with Crippen molar-refractivity contribution in [2.45, 2.75) is 53.5 Å². The first-order valence-corrected chi connectivity index (χ1v) is 8.60. The van der Waals surface area contributed by atoms with Crippen LogP contribution >= 0.6 is 0 Å². The van der Waals surface area contributed by atoms with Gasteiger partial charge in [0.25, 0.3) is 0 Å². The van der Waals surface area contributed by atoms with E-state index in [9.17, 15) is 0 Å². The highest BCUT2D eigenvalue weighted by Crippen LogP contribution is 2.46. The summed E-state index contributed by atoms with van der Waals surface area (Å²) in [5.74, 6) is 1.84. The molecular formula is C17H34N4. The van der Waals surface area contributed by atoms with Crippen LogP contribution in [0.25, 0.3) is 0 Å². The van der Waals surface area contributed by atoms with Crippen LogP contribution in [0.2, 0.25) is 0 Å². The van der Waals surface area contributed by atoms with E-state index in [1.807, 2.05) is 0 Å².